The predicted octanol–water partition coefficient (Wildman–Crippen LogP) is -2.45. The molecule has 7 heteroatoms. The highest BCUT2D eigenvalue weighted by Gasteiger charge is 2.38. The summed E-state index contributed by atoms with van der Waals surface area (Å²) in [6.07, 6.45) is 2.06. The standard InChI is InChI=1S/C7H10N4O3/c8-4(12)3-7(14)5(6(9)13)10-1-2-11-7/h1-2,11,14H,3H2,(H2,8,12)(H2,9,13). The molecule has 0 saturated carbocycles. The smallest absolute Gasteiger partial charge is 0.268 e. The van der Waals surface area contributed by atoms with Gasteiger partial charge in [0.2, 0.25) is 5.91 Å². The maximum absolute atomic E-state index is 10.9. The number of nitrogens with two attached hydrogens (primary N) is 2. The highest BCUT2D eigenvalue weighted by atomic mass is 16.3. The van der Waals surface area contributed by atoms with E-state index in [0.29, 0.717) is 0 Å². The van der Waals surface area contributed by atoms with Crippen molar-refractivity contribution in [1.29, 1.82) is 0 Å². The first-order chi connectivity index (χ1) is 6.46. The lowest BCUT2D eigenvalue weighted by atomic mass is 10.0. The number of rotatable bonds is 3. The van der Waals surface area contributed by atoms with Gasteiger partial charge in [-0.1, -0.05) is 0 Å². The Morgan fingerprint density at radius 3 is 2.71 bits per heavy atom. The van der Waals surface area contributed by atoms with Crippen LogP contribution < -0.4 is 16.8 Å². The SMILES string of the molecule is NC(=O)CC1(O)NC=CN=C1C(N)=O. The molecule has 0 radical (unpaired) electrons. The van der Waals surface area contributed by atoms with E-state index in [1.54, 1.807) is 0 Å². The summed E-state index contributed by atoms with van der Waals surface area (Å²) >= 11 is 0. The molecule has 6 N–H and O–H groups in total. The monoisotopic (exact) mass is 198 g/mol. The molecule has 1 aliphatic rings. The van der Waals surface area contributed by atoms with Gasteiger partial charge in [0.05, 0.1) is 6.42 Å². The first-order valence-electron chi connectivity index (χ1n) is 3.77. The Balaban J connectivity index is 2.97. The van der Waals surface area contributed by atoms with Crippen molar-refractivity contribution in [2.24, 2.45) is 16.5 Å². The van der Waals surface area contributed by atoms with E-state index in [1.165, 1.54) is 12.4 Å². The highest BCUT2D eigenvalue weighted by Crippen LogP contribution is 2.12. The van der Waals surface area contributed by atoms with Gasteiger partial charge in [-0.2, -0.15) is 0 Å². The fourth-order valence-corrected chi connectivity index (χ4v) is 1.12. The number of nitrogens with zero attached hydrogens (tertiary/aromatic N) is 1. The number of primary amides is 2. The Bertz CT molecular complexity index is 336. The number of aliphatic hydroxyl groups is 1. The fraction of sp³-hybridized carbons (Fsp3) is 0.286. The number of carbonyl (C=O) groups excluding carboxylic acids is 2. The van der Waals surface area contributed by atoms with Crippen LogP contribution in [0.5, 0.6) is 0 Å². The molecule has 1 unspecified atom stereocenters. The van der Waals surface area contributed by atoms with E-state index in [1.807, 2.05) is 0 Å². The maximum Gasteiger partial charge on any atom is 0.268 e. The second-order valence-corrected chi connectivity index (χ2v) is 2.81. The molecular formula is C7H10N4O3. The third-order valence-corrected chi connectivity index (χ3v) is 1.66. The van der Waals surface area contributed by atoms with E-state index in [9.17, 15) is 14.7 Å². The van der Waals surface area contributed by atoms with Crippen molar-refractivity contribution in [1.82, 2.24) is 5.32 Å². The third kappa shape index (κ3) is 1.88. The normalized spacial score (nSPS) is 25.1. The van der Waals surface area contributed by atoms with Gasteiger partial charge >= 0.3 is 0 Å². The zero-order chi connectivity index (χ0) is 10.8. The Kier molecular flexibility index (Phi) is 2.52. The van der Waals surface area contributed by atoms with Gasteiger partial charge in [-0.3, -0.25) is 9.59 Å². The Morgan fingerprint density at radius 2 is 2.21 bits per heavy atom. The number of aliphatic imine (C=N–C) groups is 1. The van der Waals surface area contributed by atoms with Crippen LogP contribution in [0.4, 0.5) is 0 Å². The van der Waals surface area contributed by atoms with Gasteiger partial charge in [-0.25, -0.2) is 4.99 Å². The van der Waals surface area contributed by atoms with Gasteiger partial charge in [-0.15, -0.1) is 0 Å². The molecule has 0 aromatic heterocycles. The number of hydrogen-bond donors (Lipinski definition) is 4. The maximum atomic E-state index is 10.9. The van der Waals surface area contributed by atoms with E-state index >= 15 is 0 Å². The van der Waals surface area contributed by atoms with Gasteiger partial charge in [0, 0.05) is 12.4 Å². The Labute approximate surface area is 79.5 Å². The molecule has 1 aliphatic heterocycles. The molecule has 0 fully saturated rings. The molecule has 14 heavy (non-hydrogen) atoms. The average Bonchev–Trinajstić information content (AvgIpc) is 2.01. The predicted molar refractivity (Wildman–Crippen MR) is 47.7 cm³/mol. The minimum absolute atomic E-state index is 0.334. The average molecular weight is 198 g/mol. The highest BCUT2D eigenvalue weighted by molar-refractivity contribution is 6.41. The number of nitrogens with one attached hydrogen (secondary N) is 1. The van der Waals surface area contributed by atoms with E-state index in [0.717, 1.165) is 0 Å². The zero-order valence-corrected chi connectivity index (χ0v) is 7.23. The molecule has 0 aromatic carbocycles. The summed E-state index contributed by atoms with van der Waals surface area (Å²) in [5, 5.41) is 12.2. The minimum atomic E-state index is -1.90. The van der Waals surface area contributed by atoms with Gasteiger partial charge < -0.3 is 21.9 Å². The molecule has 0 aliphatic carbocycles. The lowest BCUT2D eigenvalue weighted by Gasteiger charge is -2.28. The number of carbonyl (C=O) groups is 2. The summed E-state index contributed by atoms with van der Waals surface area (Å²) in [5.74, 6) is -1.69. The van der Waals surface area contributed by atoms with Crippen LogP contribution in [0.25, 0.3) is 0 Å². The molecule has 1 heterocycles. The Morgan fingerprint density at radius 1 is 1.57 bits per heavy atom. The van der Waals surface area contributed by atoms with Crippen molar-refractivity contribution >= 4 is 17.5 Å². The first kappa shape index (κ1) is 10.2. The zero-order valence-electron chi connectivity index (χ0n) is 7.23. The van der Waals surface area contributed by atoms with Crippen LogP contribution in [0.3, 0.4) is 0 Å². The molecule has 0 bridgehead atoms. The van der Waals surface area contributed by atoms with Gasteiger partial charge in [-0.05, 0) is 0 Å². The molecule has 0 saturated heterocycles. The molecule has 1 atom stereocenters. The molecule has 0 aromatic rings. The summed E-state index contributed by atoms with van der Waals surface area (Å²) < 4.78 is 0. The minimum Gasteiger partial charge on any atom is -0.370 e. The molecule has 7 nitrogen and oxygen atoms in total. The summed E-state index contributed by atoms with van der Waals surface area (Å²) in [6, 6.07) is 0. The largest absolute Gasteiger partial charge is 0.370 e. The van der Waals surface area contributed by atoms with Crippen molar-refractivity contribution in [3.63, 3.8) is 0 Å². The molecular weight excluding hydrogens is 188 g/mol. The van der Waals surface area contributed by atoms with Crippen LogP contribution in [-0.4, -0.2) is 28.4 Å². The van der Waals surface area contributed by atoms with E-state index in [2.05, 4.69) is 10.3 Å². The van der Waals surface area contributed by atoms with Crippen LogP contribution >= 0.6 is 0 Å². The van der Waals surface area contributed by atoms with Crippen LogP contribution in [0.2, 0.25) is 0 Å². The summed E-state index contributed by atoms with van der Waals surface area (Å²) in [7, 11) is 0. The van der Waals surface area contributed by atoms with Crippen molar-refractivity contribution in [2.45, 2.75) is 12.1 Å². The molecule has 76 valence electrons. The molecule has 0 spiro atoms. The van der Waals surface area contributed by atoms with E-state index < -0.39 is 24.0 Å². The van der Waals surface area contributed by atoms with Crippen molar-refractivity contribution < 1.29 is 14.7 Å². The fourth-order valence-electron chi connectivity index (χ4n) is 1.12. The number of amides is 2. The molecule has 2 amide bonds. The van der Waals surface area contributed by atoms with Crippen molar-refractivity contribution in [3.05, 3.63) is 12.4 Å². The lowest BCUT2D eigenvalue weighted by molar-refractivity contribution is -0.121. The molecule has 1 rings (SSSR count). The van der Waals surface area contributed by atoms with Gasteiger partial charge in [0.25, 0.3) is 5.91 Å². The van der Waals surface area contributed by atoms with Crippen LogP contribution in [0.15, 0.2) is 17.4 Å². The van der Waals surface area contributed by atoms with Crippen molar-refractivity contribution in [2.75, 3.05) is 0 Å². The van der Waals surface area contributed by atoms with Crippen LogP contribution in [0, 0.1) is 0 Å². The third-order valence-electron chi connectivity index (χ3n) is 1.66. The van der Waals surface area contributed by atoms with Crippen LogP contribution in [0.1, 0.15) is 6.42 Å². The van der Waals surface area contributed by atoms with E-state index in [4.69, 9.17) is 11.5 Å². The number of hydrogen-bond acceptors (Lipinski definition) is 5. The second kappa shape index (κ2) is 3.46. The summed E-state index contributed by atoms with van der Waals surface area (Å²) in [4.78, 5) is 25.1. The lowest BCUT2D eigenvalue weighted by Crippen LogP contribution is -2.57. The topological polar surface area (TPSA) is 131 Å². The van der Waals surface area contributed by atoms with Crippen molar-refractivity contribution in [3.8, 4) is 0 Å². The van der Waals surface area contributed by atoms with E-state index in [-0.39, 0.29) is 5.71 Å². The first-order valence-corrected chi connectivity index (χ1v) is 3.77. The van der Waals surface area contributed by atoms with Gasteiger partial charge in [0.15, 0.2) is 11.4 Å². The Hall–Kier alpha value is -1.89. The van der Waals surface area contributed by atoms with Crippen LogP contribution in [-0.2, 0) is 9.59 Å². The van der Waals surface area contributed by atoms with Gasteiger partial charge in [0.1, 0.15) is 0 Å². The summed E-state index contributed by atoms with van der Waals surface area (Å²) in [6.45, 7) is 0. The quantitative estimate of drug-likeness (QED) is 0.401. The summed E-state index contributed by atoms with van der Waals surface area (Å²) in [5.41, 5.74) is 7.63. The second-order valence-electron chi connectivity index (χ2n) is 2.81.